The lowest BCUT2D eigenvalue weighted by Crippen LogP contribution is -2.40. The minimum absolute atomic E-state index is 0.508. The second-order valence-electron chi connectivity index (χ2n) is 5.18. The van der Waals surface area contributed by atoms with Gasteiger partial charge in [-0.25, -0.2) is 4.79 Å². The summed E-state index contributed by atoms with van der Waals surface area (Å²) in [5.74, 6) is -0.169. The maximum absolute atomic E-state index is 11.1. The van der Waals surface area contributed by atoms with E-state index < -0.39 is 5.97 Å². The number of carboxylic acid groups (broad SMARTS) is 1. The van der Waals surface area contributed by atoms with Crippen LogP contribution in [0.3, 0.4) is 0 Å². The quantitative estimate of drug-likeness (QED) is 0.862. The van der Waals surface area contributed by atoms with E-state index in [0.29, 0.717) is 11.5 Å². The zero-order valence-electron chi connectivity index (χ0n) is 9.85. The molecule has 90 valence electrons. The van der Waals surface area contributed by atoms with Crippen LogP contribution in [0.5, 0.6) is 0 Å². The average Bonchev–Trinajstić information content (AvgIpc) is 2.65. The second-order valence-corrected chi connectivity index (χ2v) is 5.18. The molecular weight excluding hydrogens is 214 g/mol. The average molecular weight is 231 g/mol. The SMILES string of the molecule is O=C(O)c1cccc2c1CC(CN1CCC1)C2. The Hall–Kier alpha value is -1.35. The van der Waals surface area contributed by atoms with Gasteiger partial charge < -0.3 is 10.0 Å². The number of carbonyl (C=O) groups is 1. The van der Waals surface area contributed by atoms with Gasteiger partial charge >= 0.3 is 5.97 Å². The van der Waals surface area contributed by atoms with Crippen LogP contribution in [0.4, 0.5) is 0 Å². The van der Waals surface area contributed by atoms with E-state index >= 15 is 0 Å². The second kappa shape index (κ2) is 4.15. The Balaban J connectivity index is 1.77. The third-order valence-electron chi connectivity index (χ3n) is 3.97. The molecule has 1 aliphatic carbocycles. The molecule has 1 heterocycles. The fourth-order valence-electron chi connectivity index (χ4n) is 3.00. The fraction of sp³-hybridized carbons (Fsp3) is 0.500. The first-order chi connectivity index (χ1) is 8.24. The van der Waals surface area contributed by atoms with Gasteiger partial charge in [-0.15, -0.1) is 0 Å². The van der Waals surface area contributed by atoms with Gasteiger partial charge in [-0.2, -0.15) is 0 Å². The van der Waals surface area contributed by atoms with Crippen molar-refractivity contribution in [2.75, 3.05) is 19.6 Å². The lowest BCUT2D eigenvalue weighted by Gasteiger charge is -2.32. The number of carboxylic acids is 1. The predicted molar refractivity (Wildman–Crippen MR) is 65.4 cm³/mol. The van der Waals surface area contributed by atoms with Gasteiger partial charge in [0.15, 0.2) is 0 Å². The Morgan fingerprint density at radius 2 is 2.18 bits per heavy atom. The van der Waals surface area contributed by atoms with E-state index in [-0.39, 0.29) is 0 Å². The molecule has 1 aliphatic heterocycles. The van der Waals surface area contributed by atoms with Crippen LogP contribution in [0.1, 0.15) is 27.9 Å². The molecule has 0 spiro atoms. The third-order valence-corrected chi connectivity index (χ3v) is 3.97. The van der Waals surface area contributed by atoms with Crippen LogP contribution < -0.4 is 0 Å². The number of nitrogens with zero attached hydrogens (tertiary/aromatic N) is 1. The van der Waals surface area contributed by atoms with E-state index in [9.17, 15) is 4.79 Å². The normalized spacial score (nSPS) is 23.2. The van der Waals surface area contributed by atoms with Crippen molar-refractivity contribution in [2.45, 2.75) is 19.3 Å². The van der Waals surface area contributed by atoms with Gasteiger partial charge in [-0.3, -0.25) is 0 Å². The molecule has 0 radical (unpaired) electrons. The summed E-state index contributed by atoms with van der Waals surface area (Å²) >= 11 is 0. The van der Waals surface area contributed by atoms with Crippen LogP contribution in [0.2, 0.25) is 0 Å². The minimum Gasteiger partial charge on any atom is -0.478 e. The van der Waals surface area contributed by atoms with Crippen molar-refractivity contribution in [1.29, 1.82) is 0 Å². The molecule has 1 atom stereocenters. The standard InChI is InChI=1S/C14H17NO2/c16-14(17)12-4-1-3-11-7-10(8-13(11)12)9-15-5-2-6-15/h1,3-4,10H,2,5-9H2,(H,16,17). The first-order valence-corrected chi connectivity index (χ1v) is 6.30. The van der Waals surface area contributed by atoms with Gasteiger partial charge in [0.2, 0.25) is 0 Å². The van der Waals surface area contributed by atoms with Gasteiger partial charge in [-0.1, -0.05) is 12.1 Å². The zero-order valence-corrected chi connectivity index (χ0v) is 9.85. The molecule has 0 aromatic heterocycles. The summed E-state index contributed by atoms with van der Waals surface area (Å²) in [6, 6.07) is 5.68. The van der Waals surface area contributed by atoms with Crippen molar-refractivity contribution in [1.82, 2.24) is 4.90 Å². The molecule has 0 amide bonds. The zero-order chi connectivity index (χ0) is 11.8. The van der Waals surface area contributed by atoms with E-state index in [2.05, 4.69) is 11.0 Å². The monoisotopic (exact) mass is 231 g/mol. The smallest absolute Gasteiger partial charge is 0.335 e. The van der Waals surface area contributed by atoms with E-state index in [1.807, 2.05) is 6.07 Å². The summed E-state index contributed by atoms with van der Waals surface area (Å²) in [6.07, 6.45) is 3.31. The molecule has 3 rings (SSSR count). The highest BCUT2D eigenvalue weighted by Crippen LogP contribution is 2.30. The predicted octanol–water partition coefficient (Wildman–Crippen LogP) is 1.81. The van der Waals surface area contributed by atoms with Crippen LogP contribution in [-0.2, 0) is 12.8 Å². The van der Waals surface area contributed by atoms with Crippen LogP contribution in [0.15, 0.2) is 18.2 Å². The Morgan fingerprint density at radius 3 is 2.82 bits per heavy atom. The minimum atomic E-state index is -0.786. The molecule has 3 nitrogen and oxygen atoms in total. The molecule has 2 aliphatic rings. The third kappa shape index (κ3) is 1.95. The topological polar surface area (TPSA) is 40.5 Å². The Morgan fingerprint density at radius 1 is 1.35 bits per heavy atom. The van der Waals surface area contributed by atoms with Crippen molar-refractivity contribution in [3.63, 3.8) is 0 Å². The van der Waals surface area contributed by atoms with Crippen LogP contribution in [0, 0.1) is 5.92 Å². The van der Waals surface area contributed by atoms with Crippen molar-refractivity contribution in [3.05, 3.63) is 34.9 Å². The highest BCUT2D eigenvalue weighted by molar-refractivity contribution is 5.90. The summed E-state index contributed by atoms with van der Waals surface area (Å²) < 4.78 is 0. The summed E-state index contributed by atoms with van der Waals surface area (Å²) in [4.78, 5) is 13.6. The van der Waals surface area contributed by atoms with Gasteiger partial charge in [0.1, 0.15) is 0 Å². The van der Waals surface area contributed by atoms with Gasteiger partial charge in [-0.05, 0) is 55.5 Å². The Kier molecular flexibility index (Phi) is 2.63. The van der Waals surface area contributed by atoms with Crippen molar-refractivity contribution >= 4 is 5.97 Å². The molecule has 1 unspecified atom stereocenters. The van der Waals surface area contributed by atoms with Crippen LogP contribution >= 0.6 is 0 Å². The number of benzene rings is 1. The van der Waals surface area contributed by atoms with Crippen molar-refractivity contribution in [3.8, 4) is 0 Å². The number of rotatable bonds is 3. The lowest BCUT2D eigenvalue weighted by molar-refractivity contribution is 0.0695. The summed E-state index contributed by atoms with van der Waals surface area (Å²) in [7, 11) is 0. The molecule has 1 fully saturated rings. The first kappa shape index (κ1) is 10.8. The summed E-state index contributed by atoms with van der Waals surface area (Å²) in [5.41, 5.74) is 2.83. The van der Waals surface area contributed by atoms with E-state index in [1.54, 1.807) is 6.07 Å². The van der Waals surface area contributed by atoms with Gasteiger partial charge in [0.25, 0.3) is 0 Å². The fourth-order valence-corrected chi connectivity index (χ4v) is 3.00. The number of hydrogen-bond donors (Lipinski definition) is 1. The highest BCUT2D eigenvalue weighted by Gasteiger charge is 2.28. The van der Waals surface area contributed by atoms with Crippen LogP contribution in [-0.4, -0.2) is 35.6 Å². The lowest BCUT2D eigenvalue weighted by atomic mass is 10.0. The molecule has 1 saturated heterocycles. The van der Waals surface area contributed by atoms with E-state index in [4.69, 9.17) is 5.11 Å². The maximum atomic E-state index is 11.1. The van der Waals surface area contributed by atoms with Gasteiger partial charge in [0.05, 0.1) is 5.56 Å². The highest BCUT2D eigenvalue weighted by atomic mass is 16.4. The largest absolute Gasteiger partial charge is 0.478 e. The molecule has 0 saturated carbocycles. The van der Waals surface area contributed by atoms with Crippen molar-refractivity contribution in [2.24, 2.45) is 5.92 Å². The molecule has 17 heavy (non-hydrogen) atoms. The Bertz CT molecular complexity index is 452. The van der Waals surface area contributed by atoms with E-state index in [1.165, 1.54) is 25.1 Å². The first-order valence-electron chi connectivity index (χ1n) is 6.30. The number of likely N-dealkylation sites (tertiary alicyclic amines) is 1. The molecule has 1 aromatic rings. The van der Waals surface area contributed by atoms with Crippen molar-refractivity contribution < 1.29 is 9.90 Å². The molecule has 1 aromatic carbocycles. The number of aromatic carboxylic acids is 1. The van der Waals surface area contributed by atoms with Gasteiger partial charge in [0, 0.05) is 6.54 Å². The molecular formula is C14H17NO2. The number of fused-ring (bicyclic) bond motifs is 1. The van der Waals surface area contributed by atoms with Crippen LogP contribution in [0.25, 0.3) is 0 Å². The Labute approximate surface area is 101 Å². The summed E-state index contributed by atoms with van der Waals surface area (Å²) in [5, 5.41) is 9.16. The van der Waals surface area contributed by atoms with E-state index in [0.717, 1.165) is 24.9 Å². The molecule has 3 heteroatoms. The maximum Gasteiger partial charge on any atom is 0.335 e. The molecule has 0 bridgehead atoms. The number of hydrogen-bond acceptors (Lipinski definition) is 2. The molecule has 1 N–H and O–H groups in total. The summed E-state index contributed by atoms with van der Waals surface area (Å²) in [6.45, 7) is 3.57.